The second kappa shape index (κ2) is 6.81. The van der Waals surface area contributed by atoms with Crippen LogP contribution in [0.3, 0.4) is 0 Å². The lowest BCUT2D eigenvalue weighted by Gasteiger charge is -2.35. The van der Waals surface area contributed by atoms with Gasteiger partial charge in [0.25, 0.3) is 5.69 Å². The summed E-state index contributed by atoms with van der Waals surface area (Å²) in [5.74, 6) is 0. The van der Waals surface area contributed by atoms with Crippen molar-refractivity contribution in [1.29, 1.82) is 0 Å². The van der Waals surface area contributed by atoms with Crippen molar-refractivity contribution >= 4 is 5.69 Å². The lowest BCUT2D eigenvalue weighted by atomic mass is 9.74. The Morgan fingerprint density at radius 1 is 1.25 bits per heavy atom. The Labute approximate surface area is 119 Å². The predicted octanol–water partition coefficient (Wildman–Crippen LogP) is 2.63. The third-order valence-electron chi connectivity index (χ3n) is 4.25. The summed E-state index contributed by atoms with van der Waals surface area (Å²) < 4.78 is 0. The number of hydrogen-bond acceptors (Lipinski definition) is 4. The molecule has 0 atom stereocenters. The highest BCUT2D eigenvalue weighted by Gasteiger charge is 2.30. The molecule has 0 unspecified atom stereocenters. The number of nitro groups is 1. The number of nitro benzene ring substituents is 1. The lowest BCUT2D eigenvalue weighted by Crippen LogP contribution is -2.38. The Kier molecular flexibility index (Phi) is 5.09. The van der Waals surface area contributed by atoms with E-state index in [-0.39, 0.29) is 22.6 Å². The van der Waals surface area contributed by atoms with Crippen LogP contribution < -0.4 is 5.32 Å². The van der Waals surface area contributed by atoms with Gasteiger partial charge in [-0.2, -0.15) is 0 Å². The third kappa shape index (κ3) is 3.55. The molecule has 5 nitrogen and oxygen atoms in total. The van der Waals surface area contributed by atoms with Gasteiger partial charge in [0.05, 0.1) is 4.92 Å². The molecule has 1 aliphatic rings. The van der Waals surface area contributed by atoms with Gasteiger partial charge in [-0.05, 0) is 12.8 Å². The SMILES string of the molecule is O=[N+]([O-])c1ccccc1CNCC1(CO)CCCCC1. The minimum atomic E-state index is -0.348. The second-order valence-corrected chi connectivity index (χ2v) is 5.71. The monoisotopic (exact) mass is 278 g/mol. The Hall–Kier alpha value is -1.46. The van der Waals surface area contributed by atoms with Crippen molar-refractivity contribution in [3.63, 3.8) is 0 Å². The van der Waals surface area contributed by atoms with Gasteiger partial charge < -0.3 is 10.4 Å². The van der Waals surface area contributed by atoms with E-state index < -0.39 is 0 Å². The maximum atomic E-state index is 10.9. The summed E-state index contributed by atoms with van der Waals surface area (Å²) in [6, 6.07) is 6.79. The molecular weight excluding hydrogens is 256 g/mol. The molecule has 0 radical (unpaired) electrons. The molecule has 0 bridgehead atoms. The highest BCUT2D eigenvalue weighted by molar-refractivity contribution is 5.39. The largest absolute Gasteiger partial charge is 0.396 e. The van der Waals surface area contributed by atoms with Gasteiger partial charge in [0.15, 0.2) is 0 Å². The number of para-hydroxylation sites is 1. The normalized spacial score (nSPS) is 17.9. The number of nitrogens with one attached hydrogen (secondary N) is 1. The summed E-state index contributed by atoms with van der Waals surface area (Å²) in [5, 5.41) is 23.9. The molecule has 0 aliphatic heterocycles. The Morgan fingerprint density at radius 3 is 2.60 bits per heavy atom. The maximum absolute atomic E-state index is 10.9. The number of nitrogens with zero attached hydrogens (tertiary/aromatic N) is 1. The molecule has 0 saturated heterocycles. The minimum Gasteiger partial charge on any atom is -0.396 e. The number of rotatable bonds is 6. The molecule has 5 heteroatoms. The molecule has 1 aliphatic carbocycles. The molecule has 20 heavy (non-hydrogen) atoms. The molecule has 1 saturated carbocycles. The second-order valence-electron chi connectivity index (χ2n) is 5.71. The van der Waals surface area contributed by atoms with E-state index in [1.165, 1.54) is 12.5 Å². The van der Waals surface area contributed by atoms with Crippen molar-refractivity contribution in [3.05, 3.63) is 39.9 Å². The van der Waals surface area contributed by atoms with Gasteiger partial charge >= 0.3 is 0 Å². The van der Waals surface area contributed by atoms with Gasteiger partial charge in [0.1, 0.15) is 0 Å². The quantitative estimate of drug-likeness (QED) is 0.619. The third-order valence-corrected chi connectivity index (χ3v) is 4.25. The fraction of sp³-hybridized carbons (Fsp3) is 0.600. The van der Waals surface area contributed by atoms with Crippen molar-refractivity contribution in [3.8, 4) is 0 Å². The van der Waals surface area contributed by atoms with E-state index in [1.54, 1.807) is 12.1 Å². The number of benzene rings is 1. The molecule has 0 heterocycles. The van der Waals surface area contributed by atoms with Crippen molar-refractivity contribution < 1.29 is 10.0 Å². The van der Waals surface area contributed by atoms with Crippen LogP contribution >= 0.6 is 0 Å². The van der Waals surface area contributed by atoms with E-state index in [4.69, 9.17) is 0 Å². The fourth-order valence-electron chi connectivity index (χ4n) is 2.99. The zero-order chi connectivity index (χ0) is 14.4. The number of aliphatic hydroxyl groups excluding tert-OH is 1. The van der Waals surface area contributed by atoms with Crippen LogP contribution in [-0.4, -0.2) is 23.2 Å². The van der Waals surface area contributed by atoms with Crippen LogP contribution in [0, 0.1) is 15.5 Å². The van der Waals surface area contributed by atoms with E-state index in [1.807, 2.05) is 6.07 Å². The molecule has 0 spiro atoms. The van der Waals surface area contributed by atoms with Crippen molar-refractivity contribution in [1.82, 2.24) is 5.32 Å². The van der Waals surface area contributed by atoms with Crippen LogP contribution in [-0.2, 0) is 6.54 Å². The van der Waals surface area contributed by atoms with Crippen LogP contribution in [0.5, 0.6) is 0 Å². The van der Waals surface area contributed by atoms with Gasteiger partial charge in [-0.25, -0.2) is 0 Å². The van der Waals surface area contributed by atoms with Gasteiger partial charge in [0.2, 0.25) is 0 Å². The summed E-state index contributed by atoms with van der Waals surface area (Å²) in [6.07, 6.45) is 5.63. The van der Waals surface area contributed by atoms with Crippen molar-refractivity contribution in [2.45, 2.75) is 38.6 Å². The first-order valence-corrected chi connectivity index (χ1v) is 7.21. The average molecular weight is 278 g/mol. The Bertz CT molecular complexity index is 456. The van der Waals surface area contributed by atoms with Gasteiger partial charge in [-0.3, -0.25) is 10.1 Å². The first kappa shape index (κ1) is 14.9. The summed E-state index contributed by atoms with van der Waals surface area (Å²) in [5.41, 5.74) is 0.810. The molecular formula is C15H22N2O3. The zero-order valence-electron chi connectivity index (χ0n) is 11.7. The van der Waals surface area contributed by atoms with E-state index >= 15 is 0 Å². The van der Waals surface area contributed by atoms with Gasteiger partial charge in [0, 0.05) is 36.7 Å². The fourth-order valence-corrected chi connectivity index (χ4v) is 2.99. The van der Waals surface area contributed by atoms with E-state index in [0.717, 1.165) is 32.2 Å². The average Bonchev–Trinajstić information content (AvgIpc) is 2.48. The molecule has 1 fully saturated rings. The van der Waals surface area contributed by atoms with Crippen LogP contribution in [0.25, 0.3) is 0 Å². The maximum Gasteiger partial charge on any atom is 0.273 e. The summed E-state index contributed by atoms with van der Waals surface area (Å²) >= 11 is 0. The predicted molar refractivity (Wildman–Crippen MR) is 77.4 cm³/mol. The molecule has 2 rings (SSSR count). The Balaban J connectivity index is 1.94. The van der Waals surface area contributed by atoms with Crippen LogP contribution in [0.15, 0.2) is 24.3 Å². The standard InChI is InChI=1S/C15H22N2O3/c18-12-15(8-4-1-5-9-15)11-16-10-13-6-2-3-7-14(13)17(19)20/h2-3,6-7,16,18H,1,4-5,8-12H2. The Morgan fingerprint density at radius 2 is 1.95 bits per heavy atom. The van der Waals surface area contributed by atoms with Gasteiger partial charge in [-0.15, -0.1) is 0 Å². The van der Waals surface area contributed by atoms with Crippen LogP contribution in [0.2, 0.25) is 0 Å². The van der Waals surface area contributed by atoms with Crippen molar-refractivity contribution in [2.75, 3.05) is 13.2 Å². The highest BCUT2D eigenvalue weighted by Crippen LogP contribution is 2.35. The van der Waals surface area contributed by atoms with Gasteiger partial charge in [-0.1, -0.05) is 37.5 Å². The first-order valence-electron chi connectivity index (χ1n) is 7.21. The van der Waals surface area contributed by atoms with E-state index in [0.29, 0.717) is 12.1 Å². The topological polar surface area (TPSA) is 75.4 Å². The summed E-state index contributed by atoms with van der Waals surface area (Å²) in [6.45, 7) is 1.38. The summed E-state index contributed by atoms with van der Waals surface area (Å²) in [7, 11) is 0. The molecule has 1 aromatic carbocycles. The van der Waals surface area contributed by atoms with Crippen molar-refractivity contribution in [2.24, 2.45) is 5.41 Å². The summed E-state index contributed by atoms with van der Waals surface area (Å²) in [4.78, 5) is 10.6. The molecule has 110 valence electrons. The molecule has 2 N–H and O–H groups in total. The molecule has 1 aromatic rings. The van der Waals surface area contributed by atoms with Crippen LogP contribution in [0.4, 0.5) is 5.69 Å². The molecule has 0 aromatic heterocycles. The minimum absolute atomic E-state index is 0.0399. The van der Waals surface area contributed by atoms with E-state index in [9.17, 15) is 15.2 Å². The molecule has 0 amide bonds. The zero-order valence-corrected chi connectivity index (χ0v) is 11.7. The number of hydrogen-bond donors (Lipinski definition) is 2. The smallest absolute Gasteiger partial charge is 0.273 e. The first-order chi connectivity index (χ1) is 9.67. The highest BCUT2D eigenvalue weighted by atomic mass is 16.6. The van der Waals surface area contributed by atoms with E-state index in [2.05, 4.69) is 5.32 Å². The number of aliphatic hydroxyl groups is 1. The lowest BCUT2D eigenvalue weighted by molar-refractivity contribution is -0.385. The van der Waals surface area contributed by atoms with Crippen LogP contribution in [0.1, 0.15) is 37.7 Å².